The summed E-state index contributed by atoms with van der Waals surface area (Å²) in [6.45, 7) is 0. The van der Waals surface area contributed by atoms with Crippen LogP contribution in [0.2, 0.25) is 0 Å². The number of hydrogen-bond donors (Lipinski definition) is 3. The van der Waals surface area contributed by atoms with Crippen LogP contribution >= 0.6 is 0 Å². The summed E-state index contributed by atoms with van der Waals surface area (Å²) in [6, 6.07) is 5.43. The van der Waals surface area contributed by atoms with E-state index in [0.29, 0.717) is 5.69 Å². The van der Waals surface area contributed by atoms with Gasteiger partial charge in [-0.05, 0) is 18.2 Å². The van der Waals surface area contributed by atoms with Gasteiger partial charge in [0, 0.05) is 5.69 Å². The molecule has 2 atom stereocenters. The third-order valence-corrected chi connectivity index (χ3v) is 4.50. The summed E-state index contributed by atoms with van der Waals surface area (Å²) in [5.41, 5.74) is 0.589. The Morgan fingerprint density at radius 3 is 2.61 bits per heavy atom. The minimum atomic E-state index is -3.22. The Balaban J connectivity index is 2.15. The van der Waals surface area contributed by atoms with Crippen molar-refractivity contribution in [3.63, 3.8) is 0 Å². The molecule has 0 amide bonds. The van der Waals surface area contributed by atoms with Gasteiger partial charge >= 0.3 is 5.97 Å². The number of benzene rings is 1. The van der Waals surface area contributed by atoms with E-state index in [1.165, 1.54) is 12.1 Å². The first-order chi connectivity index (χ1) is 8.37. The predicted octanol–water partition coefficient (Wildman–Crippen LogP) is -0.0454. The second-order valence-corrected chi connectivity index (χ2v) is 6.43. The highest BCUT2D eigenvalue weighted by molar-refractivity contribution is 7.91. The second-order valence-electron chi connectivity index (χ2n) is 4.28. The van der Waals surface area contributed by atoms with E-state index in [1.54, 1.807) is 12.1 Å². The molecule has 1 heterocycles. The third-order valence-electron chi connectivity index (χ3n) is 2.78. The van der Waals surface area contributed by atoms with Crippen molar-refractivity contribution < 1.29 is 23.4 Å². The van der Waals surface area contributed by atoms with Crippen LogP contribution in [0.4, 0.5) is 5.69 Å². The lowest BCUT2D eigenvalue weighted by atomic mass is 10.1. The van der Waals surface area contributed by atoms with Crippen LogP contribution in [0.25, 0.3) is 0 Å². The number of aliphatic hydroxyl groups excluding tert-OH is 1. The van der Waals surface area contributed by atoms with Gasteiger partial charge < -0.3 is 15.5 Å². The number of aliphatic hydroxyl groups is 1. The number of carboxylic acids is 1. The molecule has 0 spiro atoms. The molecule has 1 aromatic carbocycles. The quantitative estimate of drug-likeness (QED) is 0.712. The molecule has 3 N–H and O–H groups in total. The highest BCUT2D eigenvalue weighted by Gasteiger charge is 2.36. The molecule has 0 aromatic heterocycles. The predicted molar refractivity (Wildman–Crippen MR) is 65.5 cm³/mol. The number of anilines is 1. The maximum absolute atomic E-state index is 11.3. The van der Waals surface area contributed by atoms with E-state index < -0.39 is 28.0 Å². The van der Waals surface area contributed by atoms with E-state index in [1.807, 2.05) is 0 Å². The van der Waals surface area contributed by atoms with Crippen LogP contribution in [-0.2, 0) is 9.84 Å². The van der Waals surface area contributed by atoms with Crippen LogP contribution in [0.1, 0.15) is 10.4 Å². The van der Waals surface area contributed by atoms with E-state index in [2.05, 4.69) is 5.32 Å². The van der Waals surface area contributed by atoms with E-state index >= 15 is 0 Å². The molecular formula is C11H13NO5S. The van der Waals surface area contributed by atoms with E-state index in [0.717, 1.165) is 0 Å². The molecule has 0 bridgehead atoms. The van der Waals surface area contributed by atoms with E-state index in [4.69, 9.17) is 5.11 Å². The van der Waals surface area contributed by atoms with Crippen LogP contribution in [-0.4, -0.2) is 48.3 Å². The van der Waals surface area contributed by atoms with Crippen molar-refractivity contribution in [1.29, 1.82) is 0 Å². The molecule has 98 valence electrons. The highest BCUT2D eigenvalue weighted by atomic mass is 32.2. The monoisotopic (exact) mass is 271 g/mol. The van der Waals surface area contributed by atoms with Crippen LogP contribution in [0.15, 0.2) is 24.3 Å². The molecule has 2 rings (SSSR count). The molecule has 0 aliphatic carbocycles. The summed E-state index contributed by atoms with van der Waals surface area (Å²) in [6.07, 6.45) is -0.969. The molecule has 0 radical (unpaired) electrons. The van der Waals surface area contributed by atoms with Crippen LogP contribution in [0, 0.1) is 0 Å². The van der Waals surface area contributed by atoms with Gasteiger partial charge in [-0.3, -0.25) is 0 Å². The minimum absolute atomic E-state index is 0.107. The Bertz CT molecular complexity index is 569. The van der Waals surface area contributed by atoms with Gasteiger partial charge in [-0.25, -0.2) is 13.2 Å². The zero-order valence-electron chi connectivity index (χ0n) is 9.41. The normalized spacial score (nSPS) is 25.8. The van der Waals surface area contributed by atoms with Gasteiger partial charge in [-0.15, -0.1) is 0 Å². The number of carboxylic acid groups (broad SMARTS) is 1. The second kappa shape index (κ2) is 4.58. The summed E-state index contributed by atoms with van der Waals surface area (Å²) in [4.78, 5) is 10.8. The zero-order valence-corrected chi connectivity index (χ0v) is 10.2. The number of rotatable bonds is 3. The fraction of sp³-hybridized carbons (Fsp3) is 0.364. The summed E-state index contributed by atoms with van der Waals surface area (Å²) in [7, 11) is -3.22. The van der Waals surface area contributed by atoms with Gasteiger partial charge in [0.2, 0.25) is 0 Å². The Morgan fingerprint density at radius 1 is 1.33 bits per heavy atom. The van der Waals surface area contributed by atoms with E-state index in [-0.39, 0.29) is 17.1 Å². The van der Waals surface area contributed by atoms with Crippen LogP contribution in [0.5, 0.6) is 0 Å². The van der Waals surface area contributed by atoms with Crippen molar-refractivity contribution in [2.75, 3.05) is 16.8 Å². The van der Waals surface area contributed by atoms with Crippen molar-refractivity contribution in [3.05, 3.63) is 29.8 Å². The molecule has 18 heavy (non-hydrogen) atoms. The van der Waals surface area contributed by atoms with Crippen molar-refractivity contribution in [3.8, 4) is 0 Å². The lowest BCUT2D eigenvalue weighted by molar-refractivity contribution is 0.0697. The molecule has 7 heteroatoms. The molecule has 0 saturated carbocycles. The van der Waals surface area contributed by atoms with Crippen LogP contribution < -0.4 is 5.32 Å². The molecule has 1 aliphatic rings. The molecular weight excluding hydrogens is 258 g/mol. The average molecular weight is 271 g/mol. The van der Waals surface area contributed by atoms with E-state index in [9.17, 15) is 18.3 Å². The SMILES string of the molecule is O=C(O)c1cccc(N[C@H]2CS(=O)(=O)C[C@@H]2O)c1. The van der Waals surface area contributed by atoms with Gasteiger partial charge in [-0.1, -0.05) is 6.07 Å². The first kappa shape index (κ1) is 12.8. The first-order valence-corrected chi connectivity index (χ1v) is 7.18. The molecule has 6 nitrogen and oxygen atoms in total. The number of carbonyl (C=O) groups is 1. The molecule has 1 aliphatic heterocycles. The highest BCUT2D eigenvalue weighted by Crippen LogP contribution is 2.19. The Hall–Kier alpha value is -1.60. The number of nitrogens with one attached hydrogen (secondary N) is 1. The summed E-state index contributed by atoms with van der Waals surface area (Å²) >= 11 is 0. The summed E-state index contributed by atoms with van der Waals surface area (Å²) in [5, 5.41) is 21.3. The summed E-state index contributed by atoms with van der Waals surface area (Å²) in [5.74, 6) is -1.47. The fourth-order valence-electron chi connectivity index (χ4n) is 1.92. The minimum Gasteiger partial charge on any atom is -0.478 e. The van der Waals surface area contributed by atoms with Crippen LogP contribution in [0.3, 0.4) is 0 Å². The zero-order chi connectivity index (χ0) is 13.3. The Labute approximate surface area is 104 Å². The smallest absolute Gasteiger partial charge is 0.335 e. The first-order valence-electron chi connectivity index (χ1n) is 5.36. The maximum Gasteiger partial charge on any atom is 0.335 e. The lowest BCUT2D eigenvalue weighted by Gasteiger charge is -2.16. The van der Waals surface area contributed by atoms with Gasteiger partial charge in [0.05, 0.1) is 29.2 Å². The standard InChI is InChI=1S/C11H13NO5S/c13-10-6-18(16,17)5-9(10)12-8-3-1-2-7(4-8)11(14)15/h1-4,9-10,12-13H,5-6H2,(H,14,15)/t9-,10-/m0/s1. The topological polar surface area (TPSA) is 104 Å². The molecule has 0 unspecified atom stereocenters. The Kier molecular flexibility index (Phi) is 3.27. The van der Waals surface area contributed by atoms with Gasteiger partial charge in [0.25, 0.3) is 0 Å². The molecule has 1 fully saturated rings. The lowest BCUT2D eigenvalue weighted by Crippen LogP contribution is -2.31. The Morgan fingerprint density at radius 2 is 2.06 bits per heavy atom. The molecule has 1 saturated heterocycles. The van der Waals surface area contributed by atoms with Crippen molar-refractivity contribution >= 4 is 21.5 Å². The van der Waals surface area contributed by atoms with Crippen molar-refractivity contribution in [1.82, 2.24) is 0 Å². The largest absolute Gasteiger partial charge is 0.478 e. The van der Waals surface area contributed by atoms with Gasteiger partial charge in [0.1, 0.15) is 0 Å². The third kappa shape index (κ3) is 2.80. The molecule has 1 aromatic rings. The van der Waals surface area contributed by atoms with Gasteiger partial charge in [0.15, 0.2) is 9.84 Å². The average Bonchev–Trinajstić information content (AvgIpc) is 2.52. The van der Waals surface area contributed by atoms with Crippen molar-refractivity contribution in [2.24, 2.45) is 0 Å². The number of aromatic carboxylic acids is 1. The maximum atomic E-state index is 11.3. The fourth-order valence-corrected chi connectivity index (χ4v) is 3.66. The van der Waals surface area contributed by atoms with Gasteiger partial charge in [-0.2, -0.15) is 0 Å². The number of hydrogen-bond acceptors (Lipinski definition) is 5. The van der Waals surface area contributed by atoms with Crippen molar-refractivity contribution in [2.45, 2.75) is 12.1 Å². The number of sulfone groups is 1. The summed E-state index contributed by atoms with van der Waals surface area (Å²) < 4.78 is 22.6.